The molecule has 4 nitrogen and oxygen atoms in total. The molecule has 1 aliphatic carbocycles. The average Bonchev–Trinajstić information content (AvgIpc) is 2.46. The van der Waals surface area contributed by atoms with Crippen molar-refractivity contribution in [3.05, 3.63) is 56.3 Å². The maximum absolute atomic E-state index is 13.0. The van der Waals surface area contributed by atoms with Gasteiger partial charge in [-0.2, -0.15) is 0 Å². The summed E-state index contributed by atoms with van der Waals surface area (Å²) in [5, 5.41) is 3.95. The van der Waals surface area contributed by atoms with Crippen molar-refractivity contribution in [2.45, 2.75) is 39.5 Å². The first kappa shape index (κ1) is 18.0. The fourth-order valence-electron chi connectivity index (χ4n) is 3.82. The summed E-state index contributed by atoms with van der Waals surface area (Å²) in [6.45, 7) is 5.90. The molecule has 0 aromatic heterocycles. The minimum absolute atomic E-state index is 0.00559. The van der Waals surface area contributed by atoms with E-state index in [1.807, 2.05) is 0 Å². The second-order valence-electron chi connectivity index (χ2n) is 7.44. The minimum Gasteiger partial charge on any atom is -0.366 e. The van der Waals surface area contributed by atoms with E-state index in [1.165, 1.54) is 0 Å². The lowest BCUT2D eigenvalue weighted by Crippen LogP contribution is -2.39. The molecule has 1 aromatic rings. The second kappa shape index (κ2) is 6.19. The zero-order valence-corrected chi connectivity index (χ0v) is 15.9. The number of carbonyl (C=O) groups is 2. The minimum atomic E-state index is -0.594. The Kier molecular flexibility index (Phi) is 4.46. The van der Waals surface area contributed by atoms with E-state index < -0.39 is 11.8 Å². The van der Waals surface area contributed by atoms with Crippen LogP contribution in [0.1, 0.15) is 45.1 Å². The predicted octanol–water partition coefficient (Wildman–Crippen LogP) is 4.08. The summed E-state index contributed by atoms with van der Waals surface area (Å²) in [5.41, 5.74) is 8.55. The fraction of sp³-hybridized carbons (Fsp3) is 0.368. The largest absolute Gasteiger partial charge is 0.366 e. The zero-order valence-electron chi connectivity index (χ0n) is 14.4. The number of nitrogens with two attached hydrogens (primary N) is 1. The van der Waals surface area contributed by atoms with Crippen molar-refractivity contribution >= 4 is 34.9 Å². The van der Waals surface area contributed by atoms with Crippen LogP contribution >= 0.6 is 23.2 Å². The zero-order chi connectivity index (χ0) is 18.5. The first-order valence-electron chi connectivity index (χ1n) is 8.10. The molecule has 0 fully saturated rings. The molecule has 1 aromatic carbocycles. The first-order valence-corrected chi connectivity index (χ1v) is 8.86. The molecule has 0 bridgehead atoms. The Bertz CT molecular complexity index is 853. The Morgan fingerprint density at radius 1 is 1.28 bits per heavy atom. The number of Topliss-reactive ketones (excluding diaryl/α,β-unsaturated/α-hetero) is 1. The number of ketones is 1. The van der Waals surface area contributed by atoms with E-state index in [2.05, 4.69) is 19.2 Å². The monoisotopic (exact) mass is 378 g/mol. The number of allylic oxidation sites excluding steroid dienone is 3. The number of primary amides is 1. The van der Waals surface area contributed by atoms with E-state index in [-0.39, 0.29) is 11.2 Å². The molecule has 0 spiro atoms. The van der Waals surface area contributed by atoms with Crippen molar-refractivity contribution in [3.8, 4) is 0 Å². The smallest absolute Gasteiger partial charge is 0.247 e. The van der Waals surface area contributed by atoms with Crippen molar-refractivity contribution in [2.75, 3.05) is 0 Å². The third kappa shape index (κ3) is 3.09. The summed E-state index contributed by atoms with van der Waals surface area (Å²) >= 11 is 12.6. The molecule has 132 valence electrons. The quantitative estimate of drug-likeness (QED) is 0.813. The van der Waals surface area contributed by atoms with Gasteiger partial charge in [-0.15, -0.1) is 0 Å². The van der Waals surface area contributed by atoms with Crippen LogP contribution in [0.4, 0.5) is 0 Å². The molecular formula is C19H20Cl2N2O2. The van der Waals surface area contributed by atoms with Crippen LogP contribution in [-0.2, 0) is 9.59 Å². The lowest BCUT2D eigenvalue weighted by molar-refractivity contribution is -0.118. The third-order valence-corrected chi connectivity index (χ3v) is 5.63. The molecule has 3 rings (SSSR count). The van der Waals surface area contributed by atoms with Crippen LogP contribution in [0.2, 0.25) is 10.0 Å². The lowest BCUT2D eigenvalue weighted by Gasteiger charge is -2.39. The molecule has 25 heavy (non-hydrogen) atoms. The van der Waals surface area contributed by atoms with Crippen LogP contribution in [0.25, 0.3) is 0 Å². The SMILES string of the molecule is CC1=C(C(N)=O)C(c2cccc(Cl)c2Cl)C2=C(CC(C)(C)CC2=O)N1. The first-order chi connectivity index (χ1) is 11.6. The topological polar surface area (TPSA) is 72.2 Å². The van der Waals surface area contributed by atoms with Crippen molar-refractivity contribution in [1.82, 2.24) is 5.32 Å². The fourth-order valence-corrected chi connectivity index (χ4v) is 4.23. The van der Waals surface area contributed by atoms with Gasteiger partial charge in [0.05, 0.1) is 10.0 Å². The molecule has 1 aliphatic heterocycles. The highest BCUT2D eigenvalue weighted by atomic mass is 35.5. The number of carbonyl (C=O) groups excluding carboxylic acids is 2. The van der Waals surface area contributed by atoms with Gasteiger partial charge in [0.1, 0.15) is 0 Å². The molecule has 1 amide bonds. The molecular weight excluding hydrogens is 359 g/mol. The summed E-state index contributed by atoms with van der Waals surface area (Å²) in [7, 11) is 0. The Morgan fingerprint density at radius 2 is 1.96 bits per heavy atom. The van der Waals surface area contributed by atoms with Crippen LogP contribution < -0.4 is 11.1 Å². The van der Waals surface area contributed by atoms with Gasteiger partial charge >= 0.3 is 0 Å². The molecule has 6 heteroatoms. The average molecular weight is 379 g/mol. The van der Waals surface area contributed by atoms with Gasteiger partial charge in [-0.1, -0.05) is 49.2 Å². The Balaban J connectivity index is 2.27. The molecule has 3 N–H and O–H groups in total. The summed E-state index contributed by atoms with van der Waals surface area (Å²) in [6, 6.07) is 5.23. The van der Waals surface area contributed by atoms with Crippen molar-refractivity contribution < 1.29 is 9.59 Å². The van der Waals surface area contributed by atoms with E-state index in [9.17, 15) is 9.59 Å². The van der Waals surface area contributed by atoms with E-state index in [1.54, 1.807) is 25.1 Å². The Morgan fingerprint density at radius 3 is 2.60 bits per heavy atom. The van der Waals surface area contributed by atoms with Gasteiger partial charge in [-0.3, -0.25) is 9.59 Å². The van der Waals surface area contributed by atoms with Gasteiger partial charge < -0.3 is 11.1 Å². The highest BCUT2D eigenvalue weighted by Crippen LogP contribution is 2.48. The number of amides is 1. The van der Waals surface area contributed by atoms with Gasteiger partial charge in [-0.05, 0) is 30.4 Å². The summed E-state index contributed by atoms with van der Waals surface area (Å²) in [4.78, 5) is 25.1. The van der Waals surface area contributed by atoms with Gasteiger partial charge in [0.15, 0.2) is 5.78 Å². The van der Waals surface area contributed by atoms with Crippen LogP contribution in [0.15, 0.2) is 40.7 Å². The number of halogens is 2. The molecule has 1 atom stereocenters. The van der Waals surface area contributed by atoms with E-state index in [0.29, 0.717) is 45.3 Å². The Labute approximate surface area is 157 Å². The Hall–Kier alpha value is -1.78. The molecule has 1 heterocycles. The van der Waals surface area contributed by atoms with Crippen molar-refractivity contribution in [1.29, 1.82) is 0 Å². The van der Waals surface area contributed by atoms with Gasteiger partial charge in [0.2, 0.25) is 5.91 Å². The molecule has 0 saturated carbocycles. The van der Waals surface area contributed by atoms with Gasteiger partial charge in [0.25, 0.3) is 0 Å². The number of hydrogen-bond donors (Lipinski definition) is 2. The number of rotatable bonds is 2. The summed E-state index contributed by atoms with van der Waals surface area (Å²) < 4.78 is 0. The van der Waals surface area contributed by atoms with Gasteiger partial charge in [0, 0.05) is 34.9 Å². The molecule has 0 radical (unpaired) electrons. The summed E-state index contributed by atoms with van der Waals surface area (Å²) in [6.07, 6.45) is 1.12. The highest BCUT2D eigenvalue weighted by Gasteiger charge is 2.42. The third-order valence-electron chi connectivity index (χ3n) is 4.80. The van der Waals surface area contributed by atoms with Crippen molar-refractivity contribution in [3.63, 3.8) is 0 Å². The molecule has 1 unspecified atom stereocenters. The number of nitrogens with one attached hydrogen (secondary N) is 1. The maximum Gasteiger partial charge on any atom is 0.247 e. The molecule has 0 saturated heterocycles. The number of hydrogen-bond acceptors (Lipinski definition) is 3. The van der Waals surface area contributed by atoms with Crippen LogP contribution in [0.3, 0.4) is 0 Å². The molecule has 2 aliphatic rings. The van der Waals surface area contributed by atoms with E-state index in [0.717, 1.165) is 5.70 Å². The number of benzene rings is 1. The second-order valence-corrected chi connectivity index (χ2v) is 8.22. The maximum atomic E-state index is 13.0. The van der Waals surface area contributed by atoms with Crippen LogP contribution in [0.5, 0.6) is 0 Å². The lowest BCUT2D eigenvalue weighted by atomic mass is 9.68. The van der Waals surface area contributed by atoms with Crippen molar-refractivity contribution in [2.24, 2.45) is 11.1 Å². The summed E-state index contributed by atoms with van der Waals surface area (Å²) in [5.74, 6) is -1.16. The van der Waals surface area contributed by atoms with E-state index in [4.69, 9.17) is 28.9 Å². The number of dihydropyridines is 1. The predicted molar refractivity (Wildman–Crippen MR) is 99.3 cm³/mol. The van der Waals surface area contributed by atoms with E-state index >= 15 is 0 Å². The van der Waals surface area contributed by atoms with Gasteiger partial charge in [-0.25, -0.2) is 0 Å². The standard InChI is InChI=1S/C19H20Cl2N2O2/c1-9-14(18(22)25)15(10-5-4-6-11(20)17(10)21)16-12(23-9)7-19(2,3)8-13(16)24/h4-6,15,23H,7-8H2,1-3H3,(H2,22,25). The highest BCUT2D eigenvalue weighted by molar-refractivity contribution is 6.42. The van der Waals surface area contributed by atoms with Crippen LogP contribution in [0, 0.1) is 5.41 Å². The van der Waals surface area contributed by atoms with Crippen LogP contribution in [-0.4, -0.2) is 11.7 Å². The normalized spacial score (nSPS) is 22.6.